The first-order valence-corrected chi connectivity index (χ1v) is 7.27. The van der Waals surface area contributed by atoms with Crippen molar-refractivity contribution in [3.8, 4) is 11.4 Å². The van der Waals surface area contributed by atoms with Crippen LogP contribution in [0.15, 0.2) is 36.7 Å². The summed E-state index contributed by atoms with van der Waals surface area (Å²) in [7, 11) is 0. The molecule has 6 nitrogen and oxygen atoms in total. The Balaban J connectivity index is 1.95. The number of benzene rings is 1. The van der Waals surface area contributed by atoms with E-state index >= 15 is 0 Å². The number of amides is 2. The molecule has 3 heterocycles. The summed E-state index contributed by atoms with van der Waals surface area (Å²) < 4.78 is 0. The van der Waals surface area contributed by atoms with Gasteiger partial charge in [0, 0.05) is 23.5 Å². The monoisotopic (exact) mass is 306 g/mol. The van der Waals surface area contributed by atoms with Gasteiger partial charge in [0.1, 0.15) is 5.82 Å². The number of aromatic nitrogens is 3. The van der Waals surface area contributed by atoms with E-state index in [2.05, 4.69) is 20.3 Å². The third-order valence-corrected chi connectivity index (χ3v) is 4.29. The number of aromatic amines is 1. The van der Waals surface area contributed by atoms with E-state index in [1.807, 2.05) is 18.2 Å². The van der Waals surface area contributed by atoms with Gasteiger partial charge in [-0.3, -0.25) is 19.9 Å². The number of H-pyrrole nitrogens is 1. The van der Waals surface area contributed by atoms with Crippen LogP contribution >= 0.6 is 0 Å². The summed E-state index contributed by atoms with van der Waals surface area (Å²) in [5.41, 5.74) is 2.84. The van der Waals surface area contributed by atoms with Gasteiger partial charge in [-0.1, -0.05) is 0 Å². The van der Waals surface area contributed by atoms with Gasteiger partial charge in [0.15, 0.2) is 0 Å². The molecule has 0 saturated heterocycles. The number of nitrogens with zero attached hydrogens (tertiary/aromatic N) is 2. The summed E-state index contributed by atoms with van der Waals surface area (Å²) in [6, 6.07) is 7.30. The second-order valence-electron chi connectivity index (χ2n) is 6.14. The number of hydrogen-bond acceptors (Lipinski definition) is 4. The number of carbonyl (C=O) groups is 2. The van der Waals surface area contributed by atoms with Gasteiger partial charge in [-0.2, -0.15) is 0 Å². The first kappa shape index (κ1) is 13.6. The number of rotatable bonds is 1. The molecule has 114 valence electrons. The molecule has 0 fully saturated rings. The Hall–Kier alpha value is -3.02. The Morgan fingerprint density at radius 2 is 1.83 bits per heavy atom. The maximum atomic E-state index is 12.1. The van der Waals surface area contributed by atoms with Crippen LogP contribution in [0.4, 0.5) is 0 Å². The molecule has 6 heteroatoms. The van der Waals surface area contributed by atoms with Gasteiger partial charge in [-0.15, -0.1) is 0 Å². The number of hydrogen-bond donors (Lipinski definition) is 2. The average Bonchev–Trinajstić information content (AvgIpc) is 2.96. The Morgan fingerprint density at radius 1 is 1.09 bits per heavy atom. The molecular formula is C17H14N4O2. The van der Waals surface area contributed by atoms with Crippen molar-refractivity contribution < 1.29 is 9.59 Å². The second kappa shape index (κ2) is 4.49. The molecule has 1 aliphatic heterocycles. The zero-order valence-electron chi connectivity index (χ0n) is 12.7. The van der Waals surface area contributed by atoms with Crippen LogP contribution in [0.3, 0.4) is 0 Å². The number of imidazole rings is 1. The molecule has 4 rings (SSSR count). The minimum Gasteiger partial charge on any atom is -0.338 e. The number of nitrogens with one attached hydrogen (secondary N) is 2. The molecule has 0 aliphatic carbocycles. The average molecular weight is 306 g/mol. The maximum Gasteiger partial charge on any atom is 0.258 e. The summed E-state index contributed by atoms with van der Waals surface area (Å²) in [5, 5.41) is 2.40. The molecule has 0 atom stereocenters. The number of imide groups is 1. The van der Waals surface area contributed by atoms with Crippen molar-refractivity contribution in [2.75, 3.05) is 0 Å². The van der Waals surface area contributed by atoms with Crippen LogP contribution < -0.4 is 5.32 Å². The Kier molecular flexibility index (Phi) is 2.66. The van der Waals surface area contributed by atoms with Gasteiger partial charge in [0.05, 0.1) is 16.4 Å². The Labute approximate surface area is 132 Å². The summed E-state index contributed by atoms with van der Waals surface area (Å²) in [6.45, 7) is 3.61. The lowest BCUT2D eigenvalue weighted by atomic mass is 9.78. The zero-order chi connectivity index (χ0) is 16.2. The first-order chi connectivity index (χ1) is 11.0. The van der Waals surface area contributed by atoms with Gasteiger partial charge in [0.25, 0.3) is 5.91 Å². The Bertz CT molecular complexity index is 957. The lowest BCUT2D eigenvalue weighted by Crippen LogP contribution is -2.48. The van der Waals surface area contributed by atoms with E-state index in [9.17, 15) is 9.59 Å². The normalized spacial score (nSPS) is 16.3. The highest BCUT2D eigenvalue weighted by atomic mass is 16.2. The van der Waals surface area contributed by atoms with Crippen molar-refractivity contribution >= 4 is 22.8 Å². The predicted octanol–water partition coefficient (Wildman–Crippen LogP) is 2.17. The summed E-state index contributed by atoms with van der Waals surface area (Å²) in [5.74, 6) is 0.0391. The molecule has 0 bridgehead atoms. The smallest absolute Gasteiger partial charge is 0.258 e. The highest BCUT2D eigenvalue weighted by Crippen LogP contribution is 2.33. The van der Waals surface area contributed by atoms with Gasteiger partial charge in [-0.05, 0) is 43.7 Å². The molecule has 2 N–H and O–H groups in total. The van der Waals surface area contributed by atoms with Crippen molar-refractivity contribution in [1.82, 2.24) is 20.3 Å². The van der Waals surface area contributed by atoms with Crippen LogP contribution in [0.5, 0.6) is 0 Å². The van der Waals surface area contributed by atoms with Crippen LogP contribution in [-0.2, 0) is 10.2 Å². The number of pyridine rings is 1. The van der Waals surface area contributed by atoms with E-state index < -0.39 is 5.41 Å². The summed E-state index contributed by atoms with van der Waals surface area (Å²) in [4.78, 5) is 36.0. The highest BCUT2D eigenvalue weighted by molar-refractivity contribution is 6.14. The third-order valence-electron chi connectivity index (χ3n) is 4.29. The standard InChI is InChI=1S/C17H14N4O2/c1-17(2)11-8-13-12(7-10(11)15(22)21-16(17)23)19-14(20-13)9-3-5-18-6-4-9/h3-8H,1-2H3,(H,19,20)(H,21,22,23). The molecule has 3 aromatic rings. The molecule has 1 aliphatic rings. The molecular weight excluding hydrogens is 292 g/mol. The van der Waals surface area contributed by atoms with E-state index in [0.717, 1.165) is 11.1 Å². The quantitative estimate of drug-likeness (QED) is 0.674. The van der Waals surface area contributed by atoms with Gasteiger partial charge in [0.2, 0.25) is 5.91 Å². The van der Waals surface area contributed by atoms with Crippen LogP contribution in [-0.4, -0.2) is 26.8 Å². The lowest BCUT2D eigenvalue weighted by molar-refractivity contribution is -0.125. The highest BCUT2D eigenvalue weighted by Gasteiger charge is 2.39. The van der Waals surface area contributed by atoms with E-state index in [-0.39, 0.29) is 11.8 Å². The van der Waals surface area contributed by atoms with Crippen LogP contribution in [0.1, 0.15) is 29.8 Å². The third kappa shape index (κ3) is 1.95. The molecule has 2 aromatic heterocycles. The van der Waals surface area contributed by atoms with Gasteiger partial charge in [-0.25, -0.2) is 4.98 Å². The van der Waals surface area contributed by atoms with Crippen molar-refractivity contribution in [2.24, 2.45) is 0 Å². The SMILES string of the molecule is CC1(C)C(=O)NC(=O)c2cc3nc(-c4ccncc4)[nH]c3cc21. The number of fused-ring (bicyclic) bond motifs is 2. The fourth-order valence-corrected chi connectivity index (χ4v) is 2.86. The van der Waals surface area contributed by atoms with Crippen molar-refractivity contribution in [1.29, 1.82) is 0 Å². The van der Waals surface area contributed by atoms with Crippen LogP contribution in [0.25, 0.3) is 22.4 Å². The maximum absolute atomic E-state index is 12.1. The summed E-state index contributed by atoms with van der Waals surface area (Å²) >= 11 is 0. The van der Waals surface area contributed by atoms with Crippen LogP contribution in [0, 0.1) is 0 Å². The minimum atomic E-state index is -0.765. The molecule has 0 unspecified atom stereocenters. The van der Waals surface area contributed by atoms with Gasteiger partial charge >= 0.3 is 0 Å². The van der Waals surface area contributed by atoms with E-state index in [1.165, 1.54) is 0 Å². The van der Waals surface area contributed by atoms with Gasteiger partial charge < -0.3 is 4.98 Å². The molecule has 0 radical (unpaired) electrons. The fraction of sp³-hybridized carbons (Fsp3) is 0.176. The minimum absolute atomic E-state index is 0.289. The topological polar surface area (TPSA) is 87.7 Å². The largest absolute Gasteiger partial charge is 0.338 e. The molecule has 0 spiro atoms. The Morgan fingerprint density at radius 3 is 2.57 bits per heavy atom. The molecule has 2 amide bonds. The fourth-order valence-electron chi connectivity index (χ4n) is 2.86. The van der Waals surface area contributed by atoms with Crippen LogP contribution in [0.2, 0.25) is 0 Å². The molecule has 1 aromatic carbocycles. The lowest BCUT2D eigenvalue weighted by Gasteiger charge is -2.30. The first-order valence-electron chi connectivity index (χ1n) is 7.27. The van der Waals surface area contributed by atoms with Crippen molar-refractivity contribution in [3.05, 3.63) is 47.8 Å². The van der Waals surface area contributed by atoms with E-state index in [1.54, 1.807) is 32.3 Å². The molecule has 23 heavy (non-hydrogen) atoms. The van der Waals surface area contributed by atoms with E-state index in [0.29, 0.717) is 22.5 Å². The summed E-state index contributed by atoms with van der Waals surface area (Å²) in [6.07, 6.45) is 3.39. The number of carbonyl (C=O) groups excluding carboxylic acids is 2. The van der Waals surface area contributed by atoms with Crippen molar-refractivity contribution in [3.63, 3.8) is 0 Å². The molecule has 0 saturated carbocycles. The second-order valence-corrected chi connectivity index (χ2v) is 6.14. The van der Waals surface area contributed by atoms with E-state index in [4.69, 9.17) is 0 Å². The zero-order valence-corrected chi connectivity index (χ0v) is 12.7. The van der Waals surface area contributed by atoms with Crippen molar-refractivity contribution in [2.45, 2.75) is 19.3 Å². The predicted molar refractivity (Wildman–Crippen MR) is 84.8 cm³/mol.